The third-order valence-corrected chi connectivity index (χ3v) is 6.94. The monoisotopic (exact) mass is 330 g/mol. The molecule has 3 rings (SSSR count). The number of hydrogen-bond donors (Lipinski definition) is 2. The van der Waals surface area contributed by atoms with Crippen LogP contribution in [0, 0.1) is 11.8 Å². The van der Waals surface area contributed by atoms with Gasteiger partial charge in [-0.2, -0.15) is 0 Å². The number of nitrogens with two attached hydrogens (primary N) is 1. The number of fused-ring (bicyclic) bond motifs is 2. The van der Waals surface area contributed by atoms with Gasteiger partial charge in [-0.3, -0.25) is 0 Å². The molecule has 0 heterocycles. The number of primary sulfonamides is 1. The molecule has 6 nitrogen and oxygen atoms in total. The predicted octanol–water partition coefficient (Wildman–Crippen LogP) is 0.801. The molecule has 2 aliphatic rings. The molecule has 2 fully saturated rings. The maximum atomic E-state index is 12.3. The summed E-state index contributed by atoms with van der Waals surface area (Å²) >= 11 is 0. The van der Waals surface area contributed by atoms with Crippen LogP contribution >= 0.6 is 0 Å². The molecule has 3 atom stereocenters. The molecule has 0 spiro atoms. The third-order valence-electron chi connectivity index (χ3n) is 4.51. The molecular formula is C13H18N2O4S2. The van der Waals surface area contributed by atoms with Gasteiger partial charge in [0, 0.05) is 6.04 Å². The molecule has 1 aromatic carbocycles. The Labute approximate surface area is 124 Å². The highest BCUT2D eigenvalue weighted by atomic mass is 32.2. The molecule has 3 N–H and O–H groups in total. The molecule has 8 heteroatoms. The van der Waals surface area contributed by atoms with E-state index in [1.165, 1.54) is 30.7 Å². The smallest absolute Gasteiger partial charge is 0.225 e. The SMILES string of the molecule is NS(=O)(=O)c1ccc(S(=O)(=O)NC2CC3CCC2C3)cc1. The molecule has 2 aliphatic carbocycles. The van der Waals surface area contributed by atoms with Gasteiger partial charge in [-0.1, -0.05) is 6.42 Å². The zero-order valence-corrected chi connectivity index (χ0v) is 13.0. The van der Waals surface area contributed by atoms with Crippen LogP contribution in [0.5, 0.6) is 0 Å². The number of nitrogens with one attached hydrogen (secondary N) is 1. The van der Waals surface area contributed by atoms with Crippen molar-refractivity contribution in [2.75, 3.05) is 0 Å². The van der Waals surface area contributed by atoms with Crippen molar-refractivity contribution >= 4 is 20.0 Å². The van der Waals surface area contributed by atoms with Gasteiger partial charge >= 0.3 is 0 Å². The van der Waals surface area contributed by atoms with Gasteiger partial charge in [0.2, 0.25) is 20.0 Å². The van der Waals surface area contributed by atoms with Gasteiger partial charge in [-0.25, -0.2) is 26.7 Å². The lowest BCUT2D eigenvalue weighted by Gasteiger charge is -2.22. The minimum absolute atomic E-state index is 0.00617. The molecule has 0 aliphatic heterocycles. The Balaban J connectivity index is 1.79. The highest BCUT2D eigenvalue weighted by Crippen LogP contribution is 2.44. The summed E-state index contributed by atoms with van der Waals surface area (Å²) in [5, 5.41) is 5.00. The summed E-state index contributed by atoms with van der Waals surface area (Å²) < 4.78 is 49.8. The van der Waals surface area contributed by atoms with Crippen molar-refractivity contribution in [3.63, 3.8) is 0 Å². The Kier molecular flexibility index (Phi) is 3.59. The summed E-state index contributed by atoms with van der Waals surface area (Å²) in [6, 6.07) is 4.98. The lowest BCUT2D eigenvalue weighted by Crippen LogP contribution is -2.38. The van der Waals surface area contributed by atoms with E-state index in [2.05, 4.69) is 4.72 Å². The van der Waals surface area contributed by atoms with Gasteiger partial charge in [0.1, 0.15) is 0 Å². The summed E-state index contributed by atoms with van der Waals surface area (Å²) in [5.74, 6) is 1.08. The normalized spacial score (nSPS) is 28.9. The Morgan fingerprint density at radius 3 is 2.05 bits per heavy atom. The van der Waals surface area contributed by atoms with E-state index in [0.717, 1.165) is 19.3 Å². The summed E-state index contributed by atoms with van der Waals surface area (Å²) in [5.41, 5.74) is 0. The van der Waals surface area contributed by atoms with Crippen molar-refractivity contribution in [2.45, 2.75) is 41.5 Å². The average Bonchev–Trinajstić information content (AvgIpc) is 2.99. The van der Waals surface area contributed by atoms with E-state index in [1.807, 2.05) is 0 Å². The van der Waals surface area contributed by atoms with Gasteiger partial charge in [0.25, 0.3) is 0 Å². The summed E-state index contributed by atoms with van der Waals surface area (Å²) in [4.78, 5) is -0.0287. The fourth-order valence-electron chi connectivity index (χ4n) is 3.46. The van der Waals surface area contributed by atoms with E-state index in [1.54, 1.807) is 0 Å². The molecule has 116 valence electrons. The second kappa shape index (κ2) is 5.05. The maximum Gasteiger partial charge on any atom is 0.240 e. The summed E-state index contributed by atoms with van der Waals surface area (Å²) in [7, 11) is -7.42. The Bertz CT molecular complexity index is 741. The molecule has 2 saturated carbocycles. The zero-order chi connectivity index (χ0) is 15.3. The zero-order valence-electron chi connectivity index (χ0n) is 11.4. The van der Waals surface area contributed by atoms with Crippen LogP contribution in [0.2, 0.25) is 0 Å². The minimum Gasteiger partial charge on any atom is -0.225 e. The number of hydrogen-bond acceptors (Lipinski definition) is 4. The van der Waals surface area contributed by atoms with Crippen molar-refractivity contribution in [1.29, 1.82) is 0 Å². The average molecular weight is 330 g/mol. The molecular weight excluding hydrogens is 312 g/mol. The van der Waals surface area contributed by atoms with Crippen molar-refractivity contribution in [2.24, 2.45) is 17.0 Å². The van der Waals surface area contributed by atoms with Crippen molar-refractivity contribution < 1.29 is 16.8 Å². The van der Waals surface area contributed by atoms with E-state index in [0.29, 0.717) is 11.8 Å². The van der Waals surface area contributed by atoms with E-state index in [-0.39, 0.29) is 15.8 Å². The lowest BCUT2D eigenvalue weighted by molar-refractivity contribution is 0.390. The maximum absolute atomic E-state index is 12.3. The number of benzene rings is 1. The summed E-state index contributed by atoms with van der Waals surface area (Å²) in [6.07, 6.45) is 4.30. The van der Waals surface area contributed by atoms with E-state index >= 15 is 0 Å². The van der Waals surface area contributed by atoms with Crippen LogP contribution in [0.25, 0.3) is 0 Å². The van der Waals surface area contributed by atoms with Crippen LogP contribution in [-0.2, 0) is 20.0 Å². The van der Waals surface area contributed by atoms with Gasteiger partial charge < -0.3 is 0 Å². The topological polar surface area (TPSA) is 106 Å². The molecule has 0 aromatic heterocycles. The molecule has 0 radical (unpaired) electrons. The predicted molar refractivity (Wildman–Crippen MR) is 77.4 cm³/mol. The van der Waals surface area contributed by atoms with Crippen molar-refractivity contribution in [3.05, 3.63) is 24.3 Å². The molecule has 3 unspecified atom stereocenters. The quantitative estimate of drug-likeness (QED) is 0.851. The Morgan fingerprint density at radius 1 is 0.952 bits per heavy atom. The first-order valence-electron chi connectivity index (χ1n) is 6.91. The first kappa shape index (κ1) is 15.0. The van der Waals surface area contributed by atoms with Gasteiger partial charge in [0.05, 0.1) is 9.79 Å². The first-order valence-corrected chi connectivity index (χ1v) is 9.94. The molecule has 2 bridgehead atoms. The van der Waals surface area contributed by atoms with Gasteiger partial charge in [-0.05, 0) is 55.4 Å². The third kappa shape index (κ3) is 2.98. The fourth-order valence-corrected chi connectivity index (χ4v) is 5.30. The van der Waals surface area contributed by atoms with E-state index in [4.69, 9.17) is 5.14 Å². The van der Waals surface area contributed by atoms with E-state index < -0.39 is 20.0 Å². The second-order valence-electron chi connectivity index (χ2n) is 5.92. The van der Waals surface area contributed by atoms with Crippen LogP contribution in [0.3, 0.4) is 0 Å². The minimum atomic E-state index is -3.81. The fraction of sp³-hybridized carbons (Fsp3) is 0.538. The van der Waals surface area contributed by atoms with Crippen LogP contribution in [0.1, 0.15) is 25.7 Å². The second-order valence-corrected chi connectivity index (χ2v) is 9.19. The van der Waals surface area contributed by atoms with Crippen LogP contribution < -0.4 is 9.86 Å². The highest BCUT2D eigenvalue weighted by molar-refractivity contribution is 7.89. The van der Waals surface area contributed by atoms with Gasteiger partial charge in [0.15, 0.2) is 0 Å². The Morgan fingerprint density at radius 2 is 1.57 bits per heavy atom. The highest BCUT2D eigenvalue weighted by Gasteiger charge is 2.41. The van der Waals surface area contributed by atoms with Crippen molar-refractivity contribution in [1.82, 2.24) is 4.72 Å². The molecule has 0 saturated heterocycles. The van der Waals surface area contributed by atoms with E-state index in [9.17, 15) is 16.8 Å². The number of rotatable bonds is 4. The Hall–Kier alpha value is -0.960. The van der Waals surface area contributed by atoms with Crippen LogP contribution in [0.4, 0.5) is 0 Å². The van der Waals surface area contributed by atoms with Gasteiger partial charge in [-0.15, -0.1) is 0 Å². The van der Waals surface area contributed by atoms with Crippen LogP contribution in [0.15, 0.2) is 34.1 Å². The summed E-state index contributed by atoms with van der Waals surface area (Å²) in [6.45, 7) is 0. The lowest BCUT2D eigenvalue weighted by atomic mass is 9.96. The molecule has 21 heavy (non-hydrogen) atoms. The number of sulfonamides is 2. The van der Waals surface area contributed by atoms with Crippen LogP contribution in [-0.4, -0.2) is 22.9 Å². The standard InChI is InChI=1S/C13H18N2O4S2/c14-20(16,17)11-3-5-12(6-4-11)21(18,19)15-13-8-9-1-2-10(13)7-9/h3-6,9-10,13,15H,1-2,7-8H2,(H2,14,16,17). The molecule has 1 aromatic rings. The largest absolute Gasteiger partial charge is 0.240 e. The first-order chi connectivity index (χ1) is 9.75. The van der Waals surface area contributed by atoms with Crippen molar-refractivity contribution in [3.8, 4) is 0 Å². The molecule has 0 amide bonds.